The molecule has 156 valence electrons. The highest BCUT2D eigenvalue weighted by Crippen LogP contribution is 2.38. The second-order valence-corrected chi connectivity index (χ2v) is 8.34. The van der Waals surface area contributed by atoms with Gasteiger partial charge in [0.15, 0.2) is 5.96 Å². The molecule has 3 aliphatic rings. The lowest BCUT2D eigenvalue weighted by Crippen LogP contribution is -2.42. The van der Waals surface area contributed by atoms with E-state index >= 15 is 0 Å². The monoisotopic (exact) mass is 498 g/mol. The molecular weight excluding hydrogens is 463 g/mol. The van der Waals surface area contributed by atoms with Crippen LogP contribution < -0.4 is 5.32 Å². The molecule has 3 saturated heterocycles. The van der Waals surface area contributed by atoms with Gasteiger partial charge in [0.05, 0.1) is 19.2 Å². The molecule has 5 nitrogen and oxygen atoms in total. The lowest BCUT2D eigenvalue weighted by molar-refractivity contribution is 0.156. The molecule has 0 aliphatic carbocycles. The maximum absolute atomic E-state index is 5.70. The lowest BCUT2D eigenvalue weighted by Gasteiger charge is -2.28. The summed E-state index contributed by atoms with van der Waals surface area (Å²) >= 11 is 0. The quantitative estimate of drug-likeness (QED) is 0.383. The zero-order valence-corrected chi connectivity index (χ0v) is 19.4. The van der Waals surface area contributed by atoms with Crippen LogP contribution in [-0.4, -0.2) is 68.2 Å². The van der Waals surface area contributed by atoms with Crippen molar-refractivity contribution in [3.63, 3.8) is 0 Å². The fourth-order valence-electron chi connectivity index (χ4n) is 4.85. The summed E-state index contributed by atoms with van der Waals surface area (Å²) < 4.78 is 5.70. The van der Waals surface area contributed by atoms with Gasteiger partial charge >= 0.3 is 0 Å². The summed E-state index contributed by atoms with van der Waals surface area (Å²) in [5.41, 5.74) is 1.75. The van der Waals surface area contributed by atoms with E-state index < -0.39 is 0 Å². The molecule has 0 aromatic heterocycles. The van der Waals surface area contributed by atoms with Crippen LogP contribution in [0.15, 0.2) is 35.3 Å². The van der Waals surface area contributed by atoms with Crippen LogP contribution in [0, 0.1) is 5.41 Å². The van der Waals surface area contributed by atoms with E-state index in [1.807, 2.05) is 0 Å². The smallest absolute Gasteiger partial charge is 0.194 e. The molecule has 4 rings (SSSR count). The van der Waals surface area contributed by atoms with E-state index in [4.69, 9.17) is 9.73 Å². The van der Waals surface area contributed by atoms with E-state index in [1.54, 1.807) is 0 Å². The number of hydrogen-bond acceptors (Lipinski definition) is 3. The number of likely N-dealkylation sites (tertiary alicyclic amines) is 2. The van der Waals surface area contributed by atoms with Crippen LogP contribution in [0.4, 0.5) is 0 Å². The highest BCUT2D eigenvalue weighted by atomic mass is 127. The van der Waals surface area contributed by atoms with Crippen molar-refractivity contribution in [1.82, 2.24) is 15.1 Å². The number of benzene rings is 1. The van der Waals surface area contributed by atoms with E-state index in [1.165, 1.54) is 44.3 Å². The van der Waals surface area contributed by atoms with Gasteiger partial charge in [-0.1, -0.05) is 30.3 Å². The third kappa shape index (κ3) is 5.00. The van der Waals surface area contributed by atoms with Crippen LogP contribution in [0.5, 0.6) is 0 Å². The maximum atomic E-state index is 5.70. The van der Waals surface area contributed by atoms with Gasteiger partial charge in [0, 0.05) is 31.7 Å². The van der Waals surface area contributed by atoms with Gasteiger partial charge in [-0.15, -0.1) is 24.0 Å². The summed E-state index contributed by atoms with van der Waals surface area (Å²) in [5.74, 6) is 1.08. The minimum absolute atomic E-state index is 0. The second kappa shape index (κ2) is 10.3. The molecule has 3 heterocycles. The number of halogens is 1. The van der Waals surface area contributed by atoms with E-state index in [0.717, 1.165) is 45.4 Å². The highest BCUT2D eigenvalue weighted by Gasteiger charge is 2.42. The molecular formula is C22H35IN4O. The van der Waals surface area contributed by atoms with Gasteiger partial charge in [0.1, 0.15) is 0 Å². The Labute approximate surface area is 186 Å². The van der Waals surface area contributed by atoms with Crippen molar-refractivity contribution in [1.29, 1.82) is 0 Å². The van der Waals surface area contributed by atoms with Gasteiger partial charge in [-0.25, -0.2) is 0 Å². The first kappa shape index (κ1) is 21.8. The van der Waals surface area contributed by atoms with Crippen molar-refractivity contribution in [2.45, 2.75) is 38.6 Å². The van der Waals surface area contributed by atoms with Crippen molar-refractivity contribution in [2.24, 2.45) is 10.4 Å². The van der Waals surface area contributed by atoms with Crippen molar-refractivity contribution >= 4 is 29.9 Å². The molecule has 0 radical (unpaired) electrons. The van der Waals surface area contributed by atoms with Gasteiger partial charge < -0.3 is 15.0 Å². The van der Waals surface area contributed by atoms with Gasteiger partial charge in [-0.3, -0.25) is 9.89 Å². The summed E-state index contributed by atoms with van der Waals surface area (Å²) in [7, 11) is 0. The first-order valence-electron chi connectivity index (χ1n) is 10.7. The molecule has 0 amide bonds. The molecule has 3 aliphatic heterocycles. The Hall–Kier alpha value is -0.860. The van der Waals surface area contributed by atoms with Crippen molar-refractivity contribution < 1.29 is 4.74 Å². The second-order valence-electron chi connectivity index (χ2n) is 8.34. The molecule has 0 bridgehead atoms. The summed E-state index contributed by atoms with van der Waals surface area (Å²) in [5, 5.41) is 3.54. The standard InChI is InChI=1S/C22H34N4O.HI/c1-2-23-21(26-14-10-22(17-26)11-15-27-18-22)24-16-20(25-12-6-7-13-25)19-8-4-3-5-9-19;/h3-5,8-9,20H,2,6-7,10-18H2,1H3,(H,23,24);1H. The summed E-state index contributed by atoms with van der Waals surface area (Å²) in [6.07, 6.45) is 5.04. The van der Waals surface area contributed by atoms with Gasteiger partial charge in [-0.2, -0.15) is 0 Å². The summed E-state index contributed by atoms with van der Waals surface area (Å²) in [6, 6.07) is 11.3. The summed E-state index contributed by atoms with van der Waals surface area (Å²) in [6.45, 7) is 10.3. The molecule has 2 atom stereocenters. The molecule has 1 N–H and O–H groups in total. The van der Waals surface area contributed by atoms with E-state index in [2.05, 4.69) is 52.4 Å². The molecule has 28 heavy (non-hydrogen) atoms. The van der Waals surface area contributed by atoms with E-state index in [0.29, 0.717) is 11.5 Å². The Morgan fingerprint density at radius 3 is 2.64 bits per heavy atom. The zero-order chi connectivity index (χ0) is 18.5. The normalized spacial score (nSPS) is 26.6. The number of nitrogens with one attached hydrogen (secondary N) is 1. The number of nitrogens with zero attached hydrogens (tertiary/aromatic N) is 3. The minimum atomic E-state index is 0. The van der Waals surface area contributed by atoms with Crippen LogP contribution in [0.1, 0.15) is 44.2 Å². The average molecular weight is 498 g/mol. The average Bonchev–Trinajstić information content (AvgIpc) is 3.46. The number of rotatable bonds is 5. The highest BCUT2D eigenvalue weighted by molar-refractivity contribution is 14.0. The minimum Gasteiger partial charge on any atom is -0.381 e. The maximum Gasteiger partial charge on any atom is 0.194 e. The molecule has 0 saturated carbocycles. The molecule has 2 unspecified atom stereocenters. The molecule has 6 heteroatoms. The SMILES string of the molecule is CCNC(=NCC(c1ccccc1)N1CCCC1)N1CCC2(CCOC2)C1.I. The third-order valence-electron chi connectivity index (χ3n) is 6.44. The predicted octanol–water partition coefficient (Wildman–Crippen LogP) is 3.52. The fraction of sp³-hybridized carbons (Fsp3) is 0.682. The Kier molecular flexibility index (Phi) is 8.00. The predicted molar refractivity (Wildman–Crippen MR) is 125 cm³/mol. The largest absolute Gasteiger partial charge is 0.381 e. The van der Waals surface area contributed by atoms with Crippen molar-refractivity contribution in [3.8, 4) is 0 Å². The number of ether oxygens (including phenoxy) is 1. The molecule has 3 fully saturated rings. The Morgan fingerprint density at radius 1 is 1.18 bits per heavy atom. The van der Waals surface area contributed by atoms with Crippen LogP contribution in [0.3, 0.4) is 0 Å². The molecule has 1 aromatic rings. The first-order valence-corrected chi connectivity index (χ1v) is 10.7. The topological polar surface area (TPSA) is 40.1 Å². The van der Waals surface area contributed by atoms with E-state index in [9.17, 15) is 0 Å². The van der Waals surface area contributed by atoms with Crippen molar-refractivity contribution in [2.75, 3.05) is 52.5 Å². The van der Waals surface area contributed by atoms with Crippen molar-refractivity contribution in [3.05, 3.63) is 35.9 Å². The lowest BCUT2D eigenvalue weighted by atomic mass is 9.87. The van der Waals surface area contributed by atoms with Crippen LogP contribution in [-0.2, 0) is 4.74 Å². The Balaban J connectivity index is 0.00000225. The number of guanidine groups is 1. The molecule has 1 aromatic carbocycles. The molecule has 1 spiro atoms. The summed E-state index contributed by atoms with van der Waals surface area (Å²) in [4.78, 5) is 10.2. The van der Waals surface area contributed by atoms with Crippen LogP contribution in [0.25, 0.3) is 0 Å². The van der Waals surface area contributed by atoms with Gasteiger partial charge in [-0.05, 0) is 51.3 Å². The van der Waals surface area contributed by atoms with Crippen LogP contribution >= 0.6 is 24.0 Å². The first-order chi connectivity index (χ1) is 13.3. The zero-order valence-electron chi connectivity index (χ0n) is 17.1. The van der Waals surface area contributed by atoms with Gasteiger partial charge in [0.25, 0.3) is 0 Å². The van der Waals surface area contributed by atoms with Gasteiger partial charge in [0.2, 0.25) is 0 Å². The third-order valence-corrected chi connectivity index (χ3v) is 6.44. The number of aliphatic imine (C=N–C) groups is 1. The Bertz CT molecular complexity index is 627. The van der Waals surface area contributed by atoms with E-state index in [-0.39, 0.29) is 24.0 Å². The van der Waals surface area contributed by atoms with Crippen LogP contribution in [0.2, 0.25) is 0 Å². The fourth-order valence-corrected chi connectivity index (χ4v) is 4.85. The Morgan fingerprint density at radius 2 is 1.96 bits per heavy atom. The number of hydrogen-bond donors (Lipinski definition) is 1.